The molecule has 0 atom stereocenters. The van der Waals surface area contributed by atoms with Crippen LogP contribution in [-0.4, -0.2) is 34.4 Å². The van der Waals surface area contributed by atoms with Crippen molar-refractivity contribution in [1.29, 1.82) is 5.26 Å². The summed E-state index contributed by atoms with van der Waals surface area (Å²) in [5.74, 6) is 0. The predicted octanol–water partition coefficient (Wildman–Crippen LogP) is 2.07. The third-order valence-electron chi connectivity index (χ3n) is 2.15. The van der Waals surface area contributed by atoms with Crippen LogP contribution >= 0.6 is 11.6 Å². The van der Waals surface area contributed by atoms with Crippen molar-refractivity contribution in [2.45, 2.75) is 11.1 Å². The highest BCUT2D eigenvalue weighted by Gasteiger charge is 2.27. The normalized spacial score (nSPS) is 12.1. The molecule has 1 rings (SSSR count). The monoisotopic (exact) mass is 342 g/mol. The molecule has 0 aliphatic heterocycles. The molecule has 0 heterocycles. The van der Waals surface area contributed by atoms with Gasteiger partial charge in [-0.3, -0.25) is 0 Å². The minimum atomic E-state index is -4.46. The van der Waals surface area contributed by atoms with Crippen LogP contribution in [0.25, 0.3) is 0 Å². The molecule has 116 valence electrons. The first kappa shape index (κ1) is 17.7. The van der Waals surface area contributed by atoms with Gasteiger partial charge in [-0.15, -0.1) is 0 Å². The van der Waals surface area contributed by atoms with Crippen LogP contribution in [0.5, 0.6) is 0 Å². The van der Waals surface area contributed by atoms with Crippen molar-refractivity contribution in [1.82, 2.24) is 4.72 Å². The molecular weight excluding hydrogens is 333 g/mol. The molecule has 0 aliphatic carbocycles. The first-order valence-electron chi connectivity index (χ1n) is 5.49. The molecular formula is C11H10ClF3N2O3S. The van der Waals surface area contributed by atoms with E-state index in [2.05, 4.69) is 9.46 Å². The molecule has 0 radical (unpaired) electrons. The molecule has 0 saturated carbocycles. The Balaban J connectivity index is 2.61. The molecule has 21 heavy (non-hydrogen) atoms. The number of nitrogens with zero attached hydrogens (tertiary/aromatic N) is 1. The van der Waals surface area contributed by atoms with E-state index in [0.29, 0.717) is 0 Å². The number of hydrogen-bond donors (Lipinski definition) is 1. The SMILES string of the molecule is N#Cc1ccc(S(=O)(=O)NCCOCC(F)(F)F)c(Cl)c1. The van der Waals surface area contributed by atoms with Crippen LogP contribution in [0.1, 0.15) is 5.56 Å². The highest BCUT2D eigenvalue weighted by molar-refractivity contribution is 7.89. The van der Waals surface area contributed by atoms with Crippen LogP contribution in [0.2, 0.25) is 5.02 Å². The van der Waals surface area contributed by atoms with Crippen molar-refractivity contribution in [2.24, 2.45) is 0 Å². The van der Waals surface area contributed by atoms with Crippen LogP contribution < -0.4 is 4.72 Å². The first-order valence-corrected chi connectivity index (χ1v) is 7.35. The van der Waals surface area contributed by atoms with E-state index >= 15 is 0 Å². The number of alkyl halides is 3. The van der Waals surface area contributed by atoms with Gasteiger partial charge in [0.05, 0.1) is 23.3 Å². The summed E-state index contributed by atoms with van der Waals surface area (Å²) in [6.45, 7) is -2.23. The van der Waals surface area contributed by atoms with Crippen molar-refractivity contribution in [3.05, 3.63) is 28.8 Å². The average molecular weight is 343 g/mol. The molecule has 0 unspecified atom stereocenters. The van der Waals surface area contributed by atoms with E-state index in [9.17, 15) is 21.6 Å². The number of halogens is 4. The number of rotatable bonds is 6. The van der Waals surface area contributed by atoms with E-state index in [1.54, 1.807) is 6.07 Å². The molecule has 0 aromatic heterocycles. The Hall–Kier alpha value is -1.34. The standard InChI is InChI=1S/C11H10ClF3N2O3S/c12-9-5-8(6-16)1-2-10(9)21(18,19)17-3-4-20-7-11(13,14)15/h1-2,5,17H,3-4,7H2. The molecule has 0 bridgehead atoms. The van der Waals surface area contributed by atoms with E-state index in [1.165, 1.54) is 12.1 Å². The molecule has 0 fully saturated rings. The van der Waals surface area contributed by atoms with Crippen LogP contribution in [-0.2, 0) is 14.8 Å². The Labute approximate surface area is 124 Å². The number of nitrogens with one attached hydrogen (secondary N) is 1. The van der Waals surface area contributed by atoms with E-state index < -0.39 is 29.4 Å². The van der Waals surface area contributed by atoms with Gasteiger partial charge in [-0.05, 0) is 18.2 Å². The maximum absolute atomic E-state index is 11.9. The lowest BCUT2D eigenvalue weighted by molar-refractivity contribution is -0.173. The fraction of sp³-hybridized carbons (Fsp3) is 0.364. The van der Waals surface area contributed by atoms with Gasteiger partial charge in [-0.25, -0.2) is 13.1 Å². The molecule has 0 aliphatic rings. The lowest BCUT2D eigenvalue weighted by atomic mass is 10.2. The summed E-state index contributed by atoms with van der Waals surface area (Å²) in [6.07, 6.45) is -4.46. The number of benzene rings is 1. The molecule has 0 amide bonds. The number of ether oxygens (including phenoxy) is 1. The van der Waals surface area contributed by atoms with Gasteiger partial charge in [0.1, 0.15) is 11.5 Å². The Morgan fingerprint density at radius 1 is 1.38 bits per heavy atom. The minimum Gasteiger partial charge on any atom is -0.371 e. The van der Waals surface area contributed by atoms with Crippen LogP contribution in [0.4, 0.5) is 13.2 Å². The summed E-state index contributed by atoms with van der Waals surface area (Å²) in [7, 11) is -3.98. The third-order valence-corrected chi connectivity index (χ3v) is 4.10. The fourth-order valence-electron chi connectivity index (χ4n) is 1.30. The first-order chi connectivity index (χ1) is 9.65. The van der Waals surface area contributed by atoms with Crippen LogP contribution in [0.3, 0.4) is 0 Å². The maximum atomic E-state index is 11.9. The average Bonchev–Trinajstić information content (AvgIpc) is 2.36. The summed E-state index contributed by atoms with van der Waals surface area (Å²) < 4.78 is 65.4. The molecule has 0 spiro atoms. The summed E-state index contributed by atoms with van der Waals surface area (Å²) in [4.78, 5) is -0.265. The number of sulfonamides is 1. The summed E-state index contributed by atoms with van der Waals surface area (Å²) in [5.41, 5.74) is 0.187. The maximum Gasteiger partial charge on any atom is 0.411 e. The zero-order valence-electron chi connectivity index (χ0n) is 10.4. The Morgan fingerprint density at radius 2 is 2.05 bits per heavy atom. The predicted molar refractivity (Wildman–Crippen MR) is 68.2 cm³/mol. The molecule has 1 aromatic rings. The smallest absolute Gasteiger partial charge is 0.371 e. The second-order valence-electron chi connectivity index (χ2n) is 3.82. The summed E-state index contributed by atoms with van der Waals surface area (Å²) in [5, 5.41) is 8.48. The largest absolute Gasteiger partial charge is 0.411 e. The van der Waals surface area contributed by atoms with Gasteiger partial charge >= 0.3 is 6.18 Å². The van der Waals surface area contributed by atoms with Crippen molar-refractivity contribution in [3.63, 3.8) is 0 Å². The Kier molecular flexibility index (Phi) is 5.98. The topological polar surface area (TPSA) is 79.2 Å². The number of nitriles is 1. The van der Waals surface area contributed by atoms with Crippen LogP contribution in [0.15, 0.2) is 23.1 Å². The highest BCUT2D eigenvalue weighted by Crippen LogP contribution is 2.22. The summed E-state index contributed by atoms with van der Waals surface area (Å²) in [6, 6.07) is 5.37. The number of hydrogen-bond acceptors (Lipinski definition) is 4. The Bertz CT molecular complexity index is 641. The second kappa shape index (κ2) is 7.09. The van der Waals surface area contributed by atoms with Gasteiger partial charge in [-0.1, -0.05) is 11.6 Å². The van der Waals surface area contributed by atoms with Gasteiger partial charge in [0, 0.05) is 6.54 Å². The zero-order chi connectivity index (χ0) is 16.1. The highest BCUT2D eigenvalue weighted by atomic mass is 35.5. The van der Waals surface area contributed by atoms with E-state index in [0.717, 1.165) is 6.07 Å². The lowest BCUT2D eigenvalue weighted by Crippen LogP contribution is -2.29. The van der Waals surface area contributed by atoms with E-state index in [4.69, 9.17) is 16.9 Å². The van der Waals surface area contributed by atoms with Gasteiger partial charge in [0.25, 0.3) is 0 Å². The van der Waals surface area contributed by atoms with E-state index in [-0.39, 0.29) is 22.0 Å². The van der Waals surface area contributed by atoms with Crippen molar-refractivity contribution >= 4 is 21.6 Å². The molecule has 0 saturated heterocycles. The zero-order valence-corrected chi connectivity index (χ0v) is 12.0. The van der Waals surface area contributed by atoms with E-state index in [1.807, 2.05) is 0 Å². The van der Waals surface area contributed by atoms with Gasteiger partial charge in [0.2, 0.25) is 10.0 Å². The quantitative estimate of drug-likeness (QED) is 0.803. The molecule has 5 nitrogen and oxygen atoms in total. The van der Waals surface area contributed by atoms with Gasteiger partial charge < -0.3 is 4.74 Å². The van der Waals surface area contributed by atoms with Crippen LogP contribution in [0, 0.1) is 11.3 Å². The Morgan fingerprint density at radius 3 is 2.57 bits per heavy atom. The van der Waals surface area contributed by atoms with Gasteiger partial charge in [-0.2, -0.15) is 18.4 Å². The van der Waals surface area contributed by atoms with Gasteiger partial charge in [0.15, 0.2) is 0 Å². The fourth-order valence-corrected chi connectivity index (χ4v) is 2.86. The molecule has 1 N–H and O–H groups in total. The summed E-state index contributed by atoms with van der Waals surface area (Å²) >= 11 is 5.74. The third kappa shape index (κ3) is 5.89. The molecule has 10 heteroatoms. The lowest BCUT2D eigenvalue weighted by Gasteiger charge is -2.10. The van der Waals surface area contributed by atoms with Crippen molar-refractivity contribution < 1.29 is 26.3 Å². The molecule has 1 aromatic carbocycles. The van der Waals surface area contributed by atoms with Crippen molar-refractivity contribution in [3.8, 4) is 6.07 Å². The van der Waals surface area contributed by atoms with Crippen molar-refractivity contribution in [2.75, 3.05) is 19.8 Å². The second-order valence-corrected chi connectivity index (χ2v) is 5.97. The minimum absolute atomic E-state index is 0.155.